The predicted molar refractivity (Wildman–Crippen MR) is 94.7 cm³/mol. The van der Waals surface area contributed by atoms with Gasteiger partial charge in [-0.05, 0) is 33.1 Å². The van der Waals surface area contributed by atoms with Crippen LogP contribution in [0.15, 0.2) is 4.99 Å². The van der Waals surface area contributed by atoms with Crippen molar-refractivity contribution in [2.75, 3.05) is 13.2 Å². The molecule has 130 valence electrons. The highest BCUT2D eigenvalue weighted by Crippen LogP contribution is 2.24. The maximum Gasteiger partial charge on any atom is 0.151 e. The van der Waals surface area contributed by atoms with Gasteiger partial charge in [0.15, 0.2) is 6.23 Å². The van der Waals surface area contributed by atoms with Gasteiger partial charge in [-0.3, -0.25) is 4.99 Å². The van der Waals surface area contributed by atoms with Crippen LogP contribution in [0.25, 0.3) is 0 Å². The van der Waals surface area contributed by atoms with Crippen molar-refractivity contribution in [2.45, 2.75) is 97.8 Å². The molecule has 1 heterocycles. The Morgan fingerprint density at radius 2 is 1.91 bits per heavy atom. The second-order valence-electron chi connectivity index (χ2n) is 7.21. The first kappa shape index (κ1) is 19.6. The first-order valence-electron chi connectivity index (χ1n) is 9.33. The molecule has 0 aromatic rings. The highest BCUT2D eigenvalue weighted by atomic mass is 16.5. The molecule has 2 atom stereocenters. The van der Waals surface area contributed by atoms with Crippen LogP contribution >= 0.6 is 0 Å². The van der Waals surface area contributed by atoms with Crippen LogP contribution in [0, 0.1) is 5.92 Å². The number of hydrogen-bond donors (Lipinski definition) is 0. The minimum Gasteiger partial charge on any atom is -0.370 e. The standard InChI is InChI=1S/C19H37NO2/c1-6-9-11-13-19(4,5)22-15-17-14-21-18(20-17)16(8-3)12-10-7-2/h16,18H,6-15H2,1-5H3. The van der Waals surface area contributed by atoms with Gasteiger partial charge in [0.25, 0.3) is 0 Å². The van der Waals surface area contributed by atoms with Gasteiger partial charge in [-0.1, -0.05) is 52.9 Å². The first-order chi connectivity index (χ1) is 10.5. The number of rotatable bonds is 12. The molecule has 0 fully saturated rings. The van der Waals surface area contributed by atoms with Crippen molar-refractivity contribution in [2.24, 2.45) is 10.9 Å². The highest BCUT2D eigenvalue weighted by molar-refractivity contribution is 5.88. The molecule has 0 aliphatic carbocycles. The molecule has 0 aromatic carbocycles. The van der Waals surface area contributed by atoms with Gasteiger partial charge in [-0.25, -0.2) is 0 Å². The van der Waals surface area contributed by atoms with E-state index >= 15 is 0 Å². The summed E-state index contributed by atoms with van der Waals surface area (Å²) >= 11 is 0. The van der Waals surface area contributed by atoms with Crippen LogP contribution in [0.3, 0.4) is 0 Å². The van der Waals surface area contributed by atoms with E-state index in [0.717, 1.165) is 18.6 Å². The molecule has 0 bridgehead atoms. The van der Waals surface area contributed by atoms with E-state index in [1.807, 2.05) is 0 Å². The summed E-state index contributed by atoms with van der Waals surface area (Å²) in [6, 6.07) is 0. The van der Waals surface area contributed by atoms with Gasteiger partial charge in [0.1, 0.15) is 0 Å². The highest BCUT2D eigenvalue weighted by Gasteiger charge is 2.27. The lowest BCUT2D eigenvalue weighted by molar-refractivity contribution is -0.00453. The third-order valence-electron chi connectivity index (χ3n) is 4.60. The van der Waals surface area contributed by atoms with Crippen LogP contribution in [-0.2, 0) is 9.47 Å². The van der Waals surface area contributed by atoms with Gasteiger partial charge in [-0.2, -0.15) is 0 Å². The van der Waals surface area contributed by atoms with Gasteiger partial charge in [0.2, 0.25) is 0 Å². The van der Waals surface area contributed by atoms with Gasteiger partial charge >= 0.3 is 0 Å². The molecule has 0 spiro atoms. The summed E-state index contributed by atoms with van der Waals surface area (Å²) in [5.41, 5.74) is 1.03. The van der Waals surface area contributed by atoms with E-state index < -0.39 is 0 Å². The number of hydrogen-bond acceptors (Lipinski definition) is 3. The van der Waals surface area contributed by atoms with Crippen molar-refractivity contribution in [3.8, 4) is 0 Å². The van der Waals surface area contributed by atoms with Crippen LogP contribution in [0.2, 0.25) is 0 Å². The zero-order valence-corrected chi connectivity index (χ0v) is 15.5. The second kappa shape index (κ2) is 10.4. The number of ether oxygens (including phenoxy) is 2. The van der Waals surface area contributed by atoms with E-state index in [1.54, 1.807) is 0 Å². The monoisotopic (exact) mass is 311 g/mol. The molecule has 0 N–H and O–H groups in total. The van der Waals surface area contributed by atoms with Crippen LogP contribution in [0.4, 0.5) is 0 Å². The Balaban J connectivity index is 2.38. The molecule has 1 rings (SSSR count). The normalized spacial score (nSPS) is 20.2. The fourth-order valence-corrected chi connectivity index (χ4v) is 2.92. The van der Waals surface area contributed by atoms with E-state index in [0.29, 0.717) is 19.1 Å². The summed E-state index contributed by atoms with van der Waals surface area (Å²) < 4.78 is 12.0. The van der Waals surface area contributed by atoms with E-state index in [1.165, 1.54) is 38.5 Å². The second-order valence-corrected chi connectivity index (χ2v) is 7.21. The summed E-state index contributed by atoms with van der Waals surface area (Å²) in [5.74, 6) is 0.565. The smallest absolute Gasteiger partial charge is 0.151 e. The Morgan fingerprint density at radius 1 is 1.18 bits per heavy atom. The van der Waals surface area contributed by atoms with Crippen molar-refractivity contribution in [1.29, 1.82) is 0 Å². The fraction of sp³-hybridized carbons (Fsp3) is 0.947. The Bertz CT molecular complexity index is 325. The van der Waals surface area contributed by atoms with Crippen LogP contribution < -0.4 is 0 Å². The van der Waals surface area contributed by atoms with Crippen molar-refractivity contribution < 1.29 is 9.47 Å². The molecule has 0 saturated heterocycles. The average Bonchev–Trinajstić information content (AvgIpc) is 2.95. The lowest BCUT2D eigenvalue weighted by Gasteiger charge is -2.25. The van der Waals surface area contributed by atoms with Gasteiger partial charge in [0, 0.05) is 5.92 Å². The fourth-order valence-electron chi connectivity index (χ4n) is 2.92. The molecule has 0 aromatic heterocycles. The van der Waals surface area contributed by atoms with Crippen molar-refractivity contribution in [1.82, 2.24) is 0 Å². The van der Waals surface area contributed by atoms with E-state index in [4.69, 9.17) is 14.5 Å². The predicted octanol–water partition coefficient (Wildman–Crippen LogP) is 5.38. The molecule has 1 aliphatic heterocycles. The van der Waals surface area contributed by atoms with Crippen LogP contribution in [0.5, 0.6) is 0 Å². The lowest BCUT2D eigenvalue weighted by atomic mass is 9.98. The van der Waals surface area contributed by atoms with Crippen LogP contribution in [0.1, 0.15) is 86.0 Å². The van der Waals surface area contributed by atoms with E-state index in [-0.39, 0.29) is 11.8 Å². The molecule has 2 unspecified atom stereocenters. The quantitative estimate of drug-likeness (QED) is 0.453. The molecular formula is C19H37NO2. The van der Waals surface area contributed by atoms with Gasteiger partial charge in [-0.15, -0.1) is 0 Å². The average molecular weight is 312 g/mol. The lowest BCUT2D eigenvalue weighted by Crippen LogP contribution is -2.28. The Kier molecular flexibility index (Phi) is 9.27. The summed E-state index contributed by atoms with van der Waals surface area (Å²) in [6.07, 6.45) is 9.85. The van der Waals surface area contributed by atoms with E-state index in [2.05, 4.69) is 34.6 Å². The maximum absolute atomic E-state index is 6.09. The SMILES string of the molecule is CCCCCC(C)(C)OCC1=NC(C(CC)CCCC)OC1. The summed E-state index contributed by atoms with van der Waals surface area (Å²) in [4.78, 5) is 4.78. The minimum absolute atomic E-state index is 0.0534. The maximum atomic E-state index is 6.09. The Labute approximate surface area is 137 Å². The number of aliphatic imine (C=N–C) groups is 1. The molecule has 0 amide bonds. The molecular weight excluding hydrogens is 274 g/mol. The van der Waals surface area contributed by atoms with Gasteiger partial charge in [0.05, 0.1) is 24.5 Å². The zero-order chi connectivity index (χ0) is 16.4. The first-order valence-corrected chi connectivity index (χ1v) is 9.33. The molecule has 3 heteroatoms. The topological polar surface area (TPSA) is 30.8 Å². The zero-order valence-electron chi connectivity index (χ0n) is 15.5. The third kappa shape index (κ3) is 7.23. The summed E-state index contributed by atoms with van der Waals surface area (Å²) in [7, 11) is 0. The molecule has 0 saturated carbocycles. The van der Waals surface area contributed by atoms with Crippen molar-refractivity contribution >= 4 is 5.71 Å². The van der Waals surface area contributed by atoms with Crippen molar-refractivity contribution in [3.63, 3.8) is 0 Å². The Morgan fingerprint density at radius 3 is 2.55 bits per heavy atom. The molecule has 22 heavy (non-hydrogen) atoms. The molecule has 0 radical (unpaired) electrons. The third-order valence-corrected chi connectivity index (χ3v) is 4.60. The summed E-state index contributed by atoms with van der Waals surface area (Å²) in [6.45, 7) is 12.4. The molecule has 1 aliphatic rings. The number of unbranched alkanes of at least 4 members (excludes halogenated alkanes) is 3. The largest absolute Gasteiger partial charge is 0.370 e. The van der Waals surface area contributed by atoms with Crippen LogP contribution in [-0.4, -0.2) is 30.8 Å². The van der Waals surface area contributed by atoms with Crippen molar-refractivity contribution in [3.05, 3.63) is 0 Å². The van der Waals surface area contributed by atoms with Gasteiger partial charge < -0.3 is 9.47 Å². The summed E-state index contributed by atoms with van der Waals surface area (Å²) in [5, 5.41) is 0. The Hall–Kier alpha value is -0.410. The number of nitrogens with zero attached hydrogens (tertiary/aromatic N) is 1. The minimum atomic E-state index is -0.0534. The van der Waals surface area contributed by atoms with E-state index in [9.17, 15) is 0 Å². The molecule has 3 nitrogen and oxygen atoms in total.